The fourth-order valence-corrected chi connectivity index (χ4v) is 3.58. The number of hydrogen-bond acceptors (Lipinski definition) is 4. The maximum atomic E-state index is 14.2. The minimum absolute atomic E-state index is 0.124. The number of hydrogen-bond donors (Lipinski definition) is 2. The van der Waals surface area contributed by atoms with Crippen LogP contribution in [0.2, 0.25) is 0 Å². The molecule has 2 heterocycles. The van der Waals surface area contributed by atoms with Crippen LogP contribution in [0.15, 0.2) is 36.4 Å². The highest BCUT2D eigenvalue weighted by atomic mass is 19.4. The highest BCUT2D eigenvalue weighted by Crippen LogP contribution is 2.31. The highest BCUT2D eigenvalue weighted by molar-refractivity contribution is 6.10. The number of alkyl halides is 3. The Morgan fingerprint density at radius 2 is 1.91 bits per heavy atom. The molecule has 1 fully saturated rings. The van der Waals surface area contributed by atoms with Crippen LogP contribution in [0.1, 0.15) is 27.0 Å². The number of amides is 4. The first kappa shape index (κ1) is 22.1. The van der Waals surface area contributed by atoms with Crippen LogP contribution in [0.3, 0.4) is 0 Å². The molecule has 0 bridgehead atoms. The Morgan fingerprint density at radius 1 is 1.15 bits per heavy atom. The smallest absolute Gasteiger partial charge is 0.416 e. The van der Waals surface area contributed by atoms with Gasteiger partial charge in [0.05, 0.1) is 24.8 Å². The van der Waals surface area contributed by atoms with E-state index in [0.29, 0.717) is 22.9 Å². The van der Waals surface area contributed by atoms with Gasteiger partial charge < -0.3 is 15.0 Å². The number of nitrogens with zero attached hydrogens (tertiary/aromatic N) is 1. The van der Waals surface area contributed by atoms with Gasteiger partial charge in [-0.2, -0.15) is 13.2 Å². The molecule has 1 atom stereocenters. The Hall–Kier alpha value is -4.07. The average molecular weight is 461 g/mol. The third-order valence-corrected chi connectivity index (χ3v) is 5.27. The van der Waals surface area contributed by atoms with Gasteiger partial charge in [0.15, 0.2) is 0 Å². The Kier molecular flexibility index (Phi) is 5.24. The molecule has 0 spiro atoms. The zero-order chi connectivity index (χ0) is 24.0. The molecule has 4 amide bonds. The van der Waals surface area contributed by atoms with Crippen LogP contribution in [0.4, 0.5) is 22.4 Å². The largest absolute Gasteiger partial charge is 0.497 e. The van der Waals surface area contributed by atoms with Gasteiger partial charge in [0.1, 0.15) is 11.6 Å². The molecule has 0 unspecified atom stereocenters. The number of fused-ring (bicyclic) bond motifs is 1. The van der Waals surface area contributed by atoms with Gasteiger partial charge in [-0.25, -0.2) is 9.18 Å². The van der Waals surface area contributed by atoms with E-state index in [2.05, 4.69) is 17.2 Å². The molecular formula is C22H15F4N3O4. The Bertz CT molecular complexity index is 1250. The lowest BCUT2D eigenvalue weighted by Gasteiger charge is -2.26. The molecule has 33 heavy (non-hydrogen) atoms. The van der Waals surface area contributed by atoms with E-state index in [1.165, 1.54) is 12.0 Å². The summed E-state index contributed by atoms with van der Waals surface area (Å²) in [5.74, 6) is 2.70. The van der Waals surface area contributed by atoms with Crippen LogP contribution >= 0.6 is 0 Å². The predicted molar refractivity (Wildman–Crippen MR) is 105 cm³/mol. The minimum atomic E-state index is -4.73. The Morgan fingerprint density at radius 3 is 2.52 bits per heavy atom. The van der Waals surface area contributed by atoms with E-state index in [1.807, 2.05) is 5.32 Å². The van der Waals surface area contributed by atoms with E-state index in [0.717, 1.165) is 6.07 Å². The molecule has 2 aliphatic heterocycles. The lowest BCUT2D eigenvalue weighted by molar-refractivity contribution is -0.137. The van der Waals surface area contributed by atoms with Crippen LogP contribution in [-0.4, -0.2) is 41.9 Å². The molecule has 2 aromatic carbocycles. The zero-order valence-corrected chi connectivity index (χ0v) is 17.0. The lowest BCUT2D eigenvalue weighted by atomic mass is 9.98. The van der Waals surface area contributed by atoms with Crippen molar-refractivity contribution in [3.63, 3.8) is 0 Å². The summed E-state index contributed by atoms with van der Waals surface area (Å²) in [4.78, 5) is 38.5. The lowest BCUT2D eigenvalue weighted by Crippen LogP contribution is -2.54. The van der Waals surface area contributed by atoms with E-state index >= 15 is 0 Å². The number of halogens is 4. The van der Waals surface area contributed by atoms with Crippen molar-refractivity contribution in [3.05, 3.63) is 64.5 Å². The van der Waals surface area contributed by atoms with Crippen molar-refractivity contribution in [3.8, 4) is 17.6 Å². The van der Waals surface area contributed by atoms with Gasteiger partial charge >= 0.3 is 12.2 Å². The third kappa shape index (κ3) is 4.07. The molecule has 0 saturated carbocycles. The number of carbonyl (C=O) groups excluding carboxylic acids is 3. The normalized spacial score (nSPS) is 19.5. The van der Waals surface area contributed by atoms with Crippen molar-refractivity contribution in [2.45, 2.75) is 18.3 Å². The quantitative estimate of drug-likeness (QED) is 0.418. The Balaban J connectivity index is 1.65. The van der Waals surface area contributed by atoms with Crippen molar-refractivity contribution in [1.82, 2.24) is 15.5 Å². The standard InChI is InChI=1S/C22H15F4N3O4/c1-33-15-5-3-13-10-29(18(30)16(13)9-15)11-21(19(31)27-20(32)28-21)7-6-12-2-4-14(8-17(12)23)22(24,25)26/h2-5,8-9H,10-11H2,1H3,(H2,27,28,31,32)/t21-/m1/s1. The van der Waals surface area contributed by atoms with Crippen LogP contribution in [0.5, 0.6) is 5.75 Å². The monoisotopic (exact) mass is 461 g/mol. The first-order valence-corrected chi connectivity index (χ1v) is 9.52. The van der Waals surface area contributed by atoms with Crippen LogP contribution in [0.25, 0.3) is 0 Å². The molecule has 11 heteroatoms. The molecule has 7 nitrogen and oxygen atoms in total. The number of methoxy groups -OCH3 is 1. The predicted octanol–water partition coefficient (Wildman–Crippen LogP) is 2.44. The molecule has 1 saturated heterocycles. The number of ether oxygens (including phenoxy) is 1. The summed E-state index contributed by atoms with van der Waals surface area (Å²) in [5, 5.41) is 4.37. The molecule has 4 rings (SSSR count). The van der Waals surface area contributed by atoms with E-state index in [-0.39, 0.29) is 19.2 Å². The summed E-state index contributed by atoms with van der Waals surface area (Å²) >= 11 is 0. The van der Waals surface area contributed by atoms with Crippen molar-refractivity contribution >= 4 is 17.8 Å². The highest BCUT2D eigenvalue weighted by Gasteiger charge is 2.48. The first-order valence-electron chi connectivity index (χ1n) is 9.52. The van der Waals surface area contributed by atoms with Crippen LogP contribution in [0, 0.1) is 17.7 Å². The SMILES string of the molecule is COc1ccc2c(c1)C(=O)N(C[C@@]1(C#Cc3ccc(C(F)(F)F)cc3F)NC(=O)NC1=O)C2. The fourth-order valence-electron chi connectivity index (χ4n) is 3.58. The van der Waals surface area contributed by atoms with E-state index in [4.69, 9.17) is 4.74 Å². The van der Waals surface area contributed by atoms with E-state index in [1.54, 1.807) is 18.2 Å². The van der Waals surface area contributed by atoms with Gasteiger partial charge in [0, 0.05) is 12.1 Å². The van der Waals surface area contributed by atoms with Crippen molar-refractivity contribution in [2.24, 2.45) is 0 Å². The van der Waals surface area contributed by atoms with Gasteiger partial charge in [-0.15, -0.1) is 0 Å². The molecule has 0 radical (unpaired) electrons. The van der Waals surface area contributed by atoms with E-state index in [9.17, 15) is 31.9 Å². The number of imide groups is 1. The van der Waals surface area contributed by atoms with Crippen molar-refractivity contribution < 1.29 is 36.7 Å². The Labute approximate surface area is 184 Å². The summed E-state index contributed by atoms with van der Waals surface area (Å²) in [6, 6.07) is 5.81. The average Bonchev–Trinajstić information content (AvgIpc) is 3.21. The van der Waals surface area contributed by atoms with Crippen LogP contribution in [-0.2, 0) is 17.5 Å². The van der Waals surface area contributed by atoms with Crippen molar-refractivity contribution in [1.29, 1.82) is 0 Å². The second-order valence-electron chi connectivity index (χ2n) is 7.44. The molecular weight excluding hydrogens is 446 g/mol. The summed E-state index contributed by atoms with van der Waals surface area (Å²) in [7, 11) is 1.45. The summed E-state index contributed by atoms with van der Waals surface area (Å²) < 4.78 is 57.6. The molecule has 0 aliphatic carbocycles. The maximum Gasteiger partial charge on any atom is 0.416 e. The van der Waals surface area contributed by atoms with Crippen molar-refractivity contribution in [2.75, 3.05) is 13.7 Å². The molecule has 2 N–H and O–H groups in total. The molecule has 2 aliphatic rings. The summed E-state index contributed by atoms with van der Waals surface area (Å²) in [5.41, 5.74) is -2.49. The zero-order valence-electron chi connectivity index (χ0n) is 17.0. The number of rotatable bonds is 3. The first-order chi connectivity index (χ1) is 15.5. The second-order valence-corrected chi connectivity index (χ2v) is 7.44. The van der Waals surface area contributed by atoms with Crippen LogP contribution < -0.4 is 15.4 Å². The van der Waals surface area contributed by atoms with Gasteiger partial charge in [-0.3, -0.25) is 14.9 Å². The fraction of sp³-hybridized carbons (Fsp3) is 0.227. The number of benzene rings is 2. The molecule has 2 aromatic rings. The number of carbonyl (C=O) groups is 3. The summed E-state index contributed by atoms with van der Waals surface area (Å²) in [6.07, 6.45) is -4.73. The second kappa shape index (κ2) is 7.81. The minimum Gasteiger partial charge on any atom is -0.497 e. The van der Waals surface area contributed by atoms with E-state index < -0.39 is 46.5 Å². The summed E-state index contributed by atoms with van der Waals surface area (Å²) in [6.45, 7) is -0.241. The number of urea groups is 1. The van der Waals surface area contributed by atoms with Gasteiger partial charge in [0.25, 0.3) is 11.8 Å². The van der Waals surface area contributed by atoms with Gasteiger partial charge in [-0.05, 0) is 35.9 Å². The topological polar surface area (TPSA) is 87.7 Å². The van der Waals surface area contributed by atoms with Gasteiger partial charge in [0.2, 0.25) is 5.54 Å². The number of nitrogens with one attached hydrogen (secondary N) is 2. The molecule has 0 aromatic heterocycles. The molecule has 170 valence electrons. The third-order valence-electron chi connectivity index (χ3n) is 5.27. The van der Waals surface area contributed by atoms with Gasteiger partial charge in [-0.1, -0.05) is 17.9 Å². The maximum absolute atomic E-state index is 14.2.